The lowest BCUT2D eigenvalue weighted by atomic mass is 9.67. The Morgan fingerprint density at radius 2 is 0.873 bits per heavy atom. The van der Waals surface area contributed by atoms with Crippen molar-refractivity contribution in [3.8, 4) is 39.1 Å². The molecule has 0 N–H and O–H groups in total. The molecule has 332 valence electrons. The predicted molar refractivity (Wildman–Crippen MR) is 299 cm³/mol. The largest absolute Gasteiger partial charge is 0.310 e. The van der Waals surface area contributed by atoms with E-state index in [0.717, 1.165) is 28.3 Å². The van der Waals surface area contributed by atoms with Crippen molar-refractivity contribution in [3.05, 3.63) is 301 Å². The molecule has 2 heteroatoms. The van der Waals surface area contributed by atoms with Gasteiger partial charge >= 0.3 is 0 Å². The monoisotopic (exact) mass is 902 g/mol. The second kappa shape index (κ2) is 16.5. The van der Waals surface area contributed by atoms with Gasteiger partial charge < -0.3 is 9.47 Å². The summed E-state index contributed by atoms with van der Waals surface area (Å²) in [6.45, 7) is 0. The van der Waals surface area contributed by atoms with Crippen LogP contribution in [0.1, 0.15) is 22.3 Å². The first kappa shape index (κ1) is 40.8. The summed E-state index contributed by atoms with van der Waals surface area (Å²) in [4.78, 5) is 2.46. The van der Waals surface area contributed by atoms with Gasteiger partial charge in [-0.1, -0.05) is 218 Å². The summed E-state index contributed by atoms with van der Waals surface area (Å²) in [6, 6.07) is 103. The number of benzene rings is 12. The first-order chi connectivity index (χ1) is 35.2. The quantitative estimate of drug-likeness (QED) is 0.138. The van der Waals surface area contributed by atoms with E-state index in [2.05, 4.69) is 289 Å². The van der Waals surface area contributed by atoms with Crippen molar-refractivity contribution in [2.24, 2.45) is 0 Å². The molecule has 0 amide bonds. The van der Waals surface area contributed by atoms with Crippen LogP contribution in [-0.2, 0) is 5.41 Å². The molecule has 0 saturated heterocycles. The molecular weight excluding hydrogens is 857 g/mol. The predicted octanol–water partition coefficient (Wildman–Crippen LogP) is 18.3. The van der Waals surface area contributed by atoms with E-state index in [1.807, 2.05) is 0 Å². The molecule has 14 rings (SSSR count). The maximum Gasteiger partial charge on any atom is 0.0714 e. The van der Waals surface area contributed by atoms with Crippen LogP contribution in [-0.4, -0.2) is 4.57 Å². The Bertz CT molecular complexity index is 4130. The summed E-state index contributed by atoms with van der Waals surface area (Å²) in [5.41, 5.74) is 18.6. The molecule has 12 aromatic carbocycles. The average Bonchev–Trinajstić information content (AvgIpc) is 3.94. The zero-order valence-electron chi connectivity index (χ0n) is 39.0. The molecule has 1 aromatic heterocycles. The molecule has 2 nitrogen and oxygen atoms in total. The topological polar surface area (TPSA) is 8.17 Å². The highest BCUT2D eigenvalue weighted by Crippen LogP contribution is 2.57. The van der Waals surface area contributed by atoms with Gasteiger partial charge in [0.25, 0.3) is 0 Å². The number of para-hydroxylation sites is 3. The number of hydrogen-bond acceptors (Lipinski definition) is 1. The third-order valence-electron chi connectivity index (χ3n) is 15.0. The van der Waals surface area contributed by atoms with E-state index in [4.69, 9.17) is 0 Å². The molecule has 1 aliphatic carbocycles. The van der Waals surface area contributed by atoms with Crippen LogP contribution in [0.2, 0.25) is 0 Å². The van der Waals surface area contributed by atoms with E-state index in [-0.39, 0.29) is 0 Å². The normalized spacial score (nSPS) is 12.6. The number of rotatable bonds is 8. The van der Waals surface area contributed by atoms with Gasteiger partial charge in [-0.15, -0.1) is 0 Å². The van der Waals surface area contributed by atoms with Crippen LogP contribution in [0.3, 0.4) is 0 Å². The lowest BCUT2D eigenvalue weighted by molar-refractivity contribution is 0.768. The van der Waals surface area contributed by atoms with Crippen LogP contribution >= 0.6 is 0 Å². The minimum Gasteiger partial charge on any atom is -0.310 e. The van der Waals surface area contributed by atoms with E-state index in [1.54, 1.807) is 0 Å². The van der Waals surface area contributed by atoms with E-state index in [0.29, 0.717) is 0 Å². The standard InChI is InChI=1S/C69H46N2/c1-4-21-50(22-5-1)69(51-23-6-2-7-24-51)64-33-17-14-30-59(64)60-42-40-54(46-65(60)69)70(52-25-8-3-9-26-52)66-34-18-15-31-61(66)58-29-13-12-28-56(58)49-38-43-68-63(45-49)62-32-16-19-35-67(62)71(68)53-39-41-57-48(44-53)37-36-47-20-10-11-27-55(47)57/h1-46H. The molecule has 13 aromatic rings. The summed E-state index contributed by atoms with van der Waals surface area (Å²) in [6.07, 6.45) is 0. The lowest BCUT2D eigenvalue weighted by Crippen LogP contribution is -2.28. The number of hydrogen-bond donors (Lipinski definition) is 0. The maximum atomic E-state index is 2.46. The molecule has 0 spiro atoms. The van der Waals surface area contributed by atoms with Crippen molar-refractivity contribution in [2.75, 3.05) is 4.90 Å². The van der Waals surface area contributed by atoms with Crippen molar-refractivity contribution in [1.82, 2.24) is 4.57 Å². The van der Waals surface area contributed by atoms with Crippen LogP contribution in [0.15, 0.2) is 279 Å². The second-order valence-corrected chi connectivity index (χ2v) is 18.8. The Labute approximate surface area is 413 Å². The highest BCUT2D eigenvalue weighted by molar-refractivity contribution is 6.12. The number of aromatic nitrogens is 1. The van der Waals surface area contributed by atoms with Gasteiger partial charge in [-0.3, -0.25) is 0 Å². The van der Waals surface area contributed by atoms with Crippen molar-refractivity contribution in [2.45, 2.75) is 5.41 Å². The summed E-state index contributed by atoms with van der Waals surface area (Å²) in [5.74, 6) is 0. The minimum absolute atomic E-state index is 0.524. The van der Waals surface area contributed by atoms with Crippen LogP contribution in [0.5, 0.6) is 0 Å². The fourth-order valence-electron chi connectivity index (χ4n) is 12.0. The molecule has 71 heavy (non-hydrogen) atoms. The number of anilines is 3. The first-order valence-electron chi connectivity index (χ1n) is 24.6. The third-order valence-corrected chi connectivity index (χ3v) is 15.0. The van der Waals surface area contributed by atoms with Gasteiger partial charge in [-0.2, -0.15) is 0 Å². The molecule has 1 heterocycles. The SMILES string of the molecule is c1ccc(N(c2ccc3c(c2)C(c2ccccc2)(c2ccccc2)c2ccccc2-3)c2ccccc2-c2ccccc2-c2ccc3c(c2)c2ccccc2n3-c2ccc3c(ccc4ccccc43)c2)cc1. The molecule has 0 saturated carbocycles. The summed E-state index contributed by atoms with van der Waals surface area (Å²) < 4.78 is 2.43. The molecule has 0 unspecified atom stereocenters. The number of nitrogens with zero attached hydrogens (tertiary/aromatic N) is 2. The first-order valence-corrected chi connectivity index (χ1v) is 24.6. The fourth-order valence-corrected chi connectivity index (χ4v) is 12.0. The summed E-state index contributed by atoms with van der Waals surface area (Å²) >= 11 is 0. The minimum atomic E-state index is -0.524. The smallest absolute Gasteiger partial charge is 0.0714 e. The van der Waals surface area contributed by atoms with Crippen molar-refractivity contribution >= 4 is 60.4 Å². The van der Waals surface area contributed by atoms with Gasteiger partial charge in [0, 0.05) is 33.4 Å². The Kier molecular flexibility index (Phi) is 9.47. The highest BCUT2D eigenvalue weighted by atomic mass is 15.1. The van der Waals surface area contributed by atoms with Crippen LogP contribution in [0, 0.1) is 0 Å². The highest BCUT2D eigenvalue weighted by Gasteiger charge is 2.46. The average molecular weight is 903 g/mol. The molecule has 0 aliphatic heterocycles. The van der Waals surface area contributed by atoms with Gasteiger partial charge in [-0.25, -0.2) is 0 Å². The Morgan fingerprint density at radius 1 is 0.296 bits per heavy atom. The zero-order valence-corrected chi connectivity index (χ0v) is 39.0. The van der Waals surface area contributed by atoms with E-state index in [9.17, 15) is 0 Å². The van der Waals surface area contributed by atoms with Crippen LogP contribution < -0.4 is 4.90 Å². The second-order valence-electron chi connectivity index (χ2n) is 18.8. The van der Waals surface area contributed by atoms with Gasteiger partial charge in [0.1, 0.15) is 0 Å². The van der Waals surface area contributed by atoms with Crippen molar-refractivity contribution in [3.63, 3.8) is 0 Å². The van der Waals surface area contributed by atoms with Gasteiger partial charge in [0.15, 0.2) is 0 Å². The third kappa shape index (κ3) is 6.35. The molecule has 1 aliphatic rings. The molecule has 0 atom stereocenters. The Morgan fingerprint density at radius 3 is 1.66 bits per heavy atom. The Hall–Kier alpha value is -9.24. The zero-order chi connectivity index (χ0) is 46.9. The maximum absolute atomic E-state index is 2.46. The molecular formula is C69H46N2. The van der Waals surface area contributed by atoms with Crippen LogP contribution in [0.4, 0.5) is 17.1 Å². The van der Waals surface area contributed by atoms with Crippen molar-refractivity contribution in [1.29, 1.82) is 0 Å². The van der Waals surface area contributed by atoms with E-state index >= 15 is 0 Å². The summed E-state index contributed by atoms with van der Waals surface area (Å²) in [7, 11) is 0. The Balaban J connectivity index is 0.936. The lowest BCUT2D eigenvalue weighted by Gasteiger charge is -2.35. The van der Waals surface area contributed by atoms with Crippen LogP contribution in [0.25, 0.3) is 82.4 Å². The fraction of sp³-hybridized carbons (Fsp3) is 0.0145. The molecule has 0 radical (unpaired) electrons. The van der Waals surface area contributed by atoms with Gasteiger partial charge in [0.05, 0.1) is 22.1 Å². The summed E-state index contributed by atoms with van der Waals surface area (Å²) in [5, 5.41) is 7.50. The number of fused-ring (bicyclic) bond motifs is 9. The van der Waals surface area contributed by atoms with E-state index in [1.165, 1.54) is 93.4 Å². The van der Waals surface area contributed by atoms with Gasteiger partial charge in [-0.05, 0) is 132 Å². The van der Waals surface area contributed by atoms with Crippen molar-refractivity contribution < 1.29 is 0 Å². The molecule has 0 bridgehead atoms. The van der Waals surface area contributed by atoms with E-state index < -0.39 is 5.41 Å². The molecule has 0 fully saturated rings. The van der Waals surface area contributed by atoms with Gasteiger partial charge in [0.2, 0.25) is 0 Å².